The number of hydrogen-bond donors (Lipinski definition) is 1. The van der Waals surface area contributed by atoms with Crippen LogP contribution in [0.15, 0.2) is 30.5 Å². The van der Waals surface area contributed by atoms with Gasteiger partial charge in [0.1, 0.15) is 4.88 Å². The van der Waals surface area contributed by atoms with Crippen LogP contribution in [-0.4, -0.2) is 47.9 Å². The molecule has 0 unspecified atom stereocenters. The fourth-order valence-corrected chi connectivity index (χ4v) is 3.75. The molecule has 7 nitrogen and oxygen atoms in total. The van der Waals surface area contributed by atoms with Crippen molar-refractivity contribution in [2.75, 3.05) is 25.5 Å². The summed E-state index contributed by atoms with van der Waals surface area (Å²) in [6.45, 7) is 0.942. The summed E-state index contributed by atoms with van der Waals surface area (Å²) in [5.74, 6) is -1.16. The summed E-state index contributed by atoms with van der Waals surface area (Å²) in [5.41, 5.74) is 0.545. The number of carbonyl (C=O) groups is 3. The number of esters is 1. The molecular formula is C18H18ClN3O4S. The molecule has 0 radical (unpaired) electrons. The predicted octanol–water partition coefficient (Wildman–Crippen LogP) is 3.07. The van der Waals surface area contributed by atoms with Gasteiger partial charge in [-0.05, 0) is 37.1 Å². The van der Waals surface area contributed by atoms with E-state index in [9.17, 15) is 14.4 Å². The summed E-state index contributed by atoms with van der Waals surface area (Å²) in [6, 6.07) is 6.70. The lowest BCUT2D eigenvalue weighted by Gasteiger charge is -2.32. The number of piperidine rings is 1. The summed E-state index contributed by atoms with van der Waals surface area (Å²) in [5, 5.41) is 3.62. The quantitative estimate of drug-likeness (QED) is 0.787. The Morgan fingerprint density at radius 2 is 2.04 bits per heavy atom. The molecule has 1 fully saturated rings. The van der Waals surface area contributed by atoms with Crippen molar-refractivity contribution in [3.05, 3.63) is 45.9 Å². The standard InChI is InChI=1S/C18H18ClN3O4S/c1-26-17(25)14-9-20-18(27-14)21-15(23)12-3-2-8-22(10-12)16(24)11-4-6-13(19)7-5-11/h4-7,9,12H,2-3,8,10H2,1H3,(H,20,21,23)/t12-/m0/s1. The number of methoxy groups -OCH3 is 1. The van der Waals surface area contributed by atoms with E-state index in [0.717, 1.165) is 17.8 Å². The third-order valence-electron chi connectivity index (χ3n) is 4.29. The SMILES string of the molecule is COC(=O)c1cnc(NC(=O)[C@H]2CCCN(C(=O)c3ccc(Cl)cc3)C2)s1. The van der Waals surface area contributed by atoms with Gasteiger partial charge in [0.25, 0.3) is 5.91 Å². The van der Waals surface area contributed by atoms with E-state index in [1.807, 2.05) is 0 Å². The van der Waals surface area contributed by atoms with Crippen LogP contribution in [0.2, 0.25) is 5.02 Å². The highest BCUT2D eigenvalue weighted by atomic mass is 35.5. The number of nitrogens with one attached hydrogen (secondary N) is 1. The Hall–Kier alpha value is -2.45. The van der Waals surface area contributed by atoms with Gasteiger partial charge in [-0.2, -0.15) is 0 Å². The number of amides is 2. The topological polar surface area (TPSA) is 88.6 Å². The van der Waals surface area contributed by atoms with E-state index in [-0.39, 0.29) is 17.7 Å². The van der Waals surface area contributed by atoms with Crippen LogP contribution in [0.4, 0.5) is 5.13 Å². The van der Waals surface area contributed by atoms with Gasteiger partial charge in [-0.15, -0.1) is 0 Å². The number of anilines is 1. The van der Waals surface area contributed by atoms with Crippen molar-refractivity contribution in [1.29, 1.82) is 0 Å². The molecule has 0 saturated carbocycles. The van der Waals surface area contributed by atoms with E-state index in [1.54, 1.807) is 29.2 Å². The van der Waals surface area contributed by atoms with Gasteiger partial charge in [0.2, 0.25) is 5.91 Å². The van der Waals surface area contributed by atoms with Crippen LogP contribution < -0.4 is 5.32 Å². The summed E-state index contributed by atoms with van der Waals surface area (Å²) in [7, 11) is 1.29. The molecule has 27 heavy (non-hydrogen) atoms. The molecule has 0 bridgehead atoms. The molecule has 9 heteroatoms. The Morgan fingerprint density at radius 3 is 2.74 bits per heavy atom. The Labute approximate surface area is 165 Å². The molecule has 0 spiro atoms. The Kier molecular flexibility index (Phi) is 6.08. The van der Waals surface area contributed by atoms with Gasteiger partial charge >= 0.3 is 5.97 Å². The molecule has 0 aliphatic carbocycles. The number of likely N-dealkylation sites (tertiary alicyclic amines) is 1. The predicted molar refractivity (Wildman–Crippen MR) is 102 cm³/mol. The molecule has 3 rings (SSSR count). The van der Waals surface area contributed by atoms with Crippen LogP contribution in [0.5, 0.6) is 0 Å². The first kappa shape index (κ1) is 19.3. The van der Waals surface area contributed by atoms with Gasteiger partial charge < -0.3 is 15.0 Å². The van der Waals surface area contributed by atoms with Crippen LogP contribution in [0, 0.1) is 5.92 Å². The average molecular weight is 408 g/mol. The van der Waals surface area contributed by atoms with Crippen molar-refractivity contribution in [2.45, 2.75) is 12.8 Å². The van der Waals surface area contributed by atoms with Crippen LogP contribution in [0.3, 0.4) is 0 Å². The normalized spacial score (nSPS) is 16.7. The molecule has 1 N–H and O–H groups in total. The first-order chi connectivity index (χ1) is 13.0. The molecule has 2 amide bonds. The minimum absolute atomic E-state index is 0.119. The fraction of sp³-hybridized carbons (Fsp3) is 0.333. The number of rotatable bonds is 4. The zero-order chi connectivity index (χ0) is 19.4. The van der Waals surface area contributed by atoms with Crippen LogP contribution in [-0.2, 0) is 9.53 Å². The highest BCUT2D eigenvalue weighted by Gasteiger charge is 2.29. The molecule has 142 valence electrons. The van der Waals surface area contributed by atoms with Crippen molar-refractivity contribution >= 4 is 45.9 Å². The maximum absolute atomic E-state index is 12.6. The second kappa shape index (κ2) is 8.49. The van der Waals surface area contributed by atoms with E-state index < -0.39 is 5.97 Å². The second-order valence-corrected chi connectivity index (χ2v) is 7.57. The molecule has 1 aliphatic rings. The zero-order valence-electron chi connectivity index (χ0n) is 14.6. The summed E-state index contributed by atoms with van der Waals surface area (Å²) >= 11 is 6.92. The molecule has 1 atom stereocenters. The first-order valence-corrected chi connectivity index (χ1v) is 9.57. The minimum atomic E-state index is -0.495. The summed E-state index contributed by atoms with van der Waals surface area (Å²) in [6.07, 6.45) is 2.79. The lowest BCUT2D eigenvalue weighted by molar-refractivity contribution is -0.121. The Bertz CT molecular complexity index is 853. The highest BCUT2D eigenvalue weighted by molar-refractivity contribution is 7.17. The average Bonchev–Trinajstić information content (AvgIpc) is 3.16. The van der Waals surface area contributed by atoms with E-state index in [1.165, 1.54) is 13.3 Å². The lowest BCUT2D eigenvalue weighted by Crippen LogP contribution is -2.43. The van der Waals surface area contributed by atoms with E-state index >= 15 is 0 Å². The number of ether oxygens (including phenoxy) is 1. The van der Waals surface area contributed by atoms with E-state index in [4.69, 9.17) is 11.6 Å². The highest BCUT2D eigenvalue weighted by Crippen LogP contribution is 2.23. The molecule has 1 aromatic heterocycles. The number of thiazole rings is 1. The molecule has 2 aromatic rings. The number of benzene rings is 1. The monoisotopic (exact) mass is 407 g/mol. The Balaban J connectivity index is 1.62. The van der Waals surface area contributed by atoms with Gasteiger partial charge in [-0.3, -0.25) is 9.59 Å². The van der Waals surface area contributed by atoms with Crippen molar-refractivity contribution in [3.8, 4) is 0 Å². The van der Waals surface area contributed by atoms with Gasteiger partial charge in [0.05, 0.1) is 19.2 Å². The third-order valence-corrected chi connectivity index (χ3v) is 5.44. The summed E-state index contributed by atoms with van der Waals surface area (Å²) in [4.78, 5) is 42.7. The third kappa shape index (κ3) is 4.64. The number of hydrogen-bond acceptors (Lipinski definition) is 6. The number of aromatic nitrogens is 1. The second-order valence-electron chi connectivity index (χ2n) is 6.11. The van der Waals surface area contributed by atoms with E-state index in [0.29, 0.717) is 40.1 Å². The van der Waals surface area contributed by atoms with Crippen molar-refractivity contribution in [2.24, 2.45) is 5.92 Å². The largest absolute Gasteiger partial charge is 0.465 e. The van der Waals surface area contributed by atoms with Crippen molar-refractivity contribution in [1.82, 2.24) is 9.88 Å². The molecule has 2 heterocycles. The maximum atomic E-state index is 12.6. The van der Waals surface area contributed by atoms with Gasteiger partial charge in [-0.25, -0.2) is 9.78 Å². The maximum Gasteiger partial charge on any atom is 0.349 e. The van der Waals surface area contributed by atoms with Gasteiger partial charge in [0.15, 0.2) is 5.13 Å². The smallest absolute Gasteiger partial charge is 0.349 e. The lowest BCUT2D eigenvalue weighted by atomic mass is 9.96. The van der Waals surface area contributed by atoms with Gasteiger partial charge in [0, 0.05) is 23.7 Å². The molecule has 1 aliphatic heterocycles. The molecule has 1 aromatic carbocycles. The zero-order valence-corrected chi connectivity index (χ0v) is 16.2. The molecular weight excluding hydrogens is 390 g/mol. The number of nitrogens with zero attached hydrogens (tertiary/aromatic N) is 2. The van der Waals surface area contributed by atoms with Crippen molar-refractivity contribution in [3.63, 3.8) is 0 Å². The molecule has 1 saturated heterocycles. The van der Waals surface area contributed by atoms with Crippen LogP contribution in [0.1, 0.15) is 32.9 Å². The van der Waals surface area contributed by atoms with Crippen LogP contribution in [0.25, 0.3) is 0 Å². The van der Waals surface area contributed by atoms with Gasteiger partial charge in [-0.1, -0.05) is 22.9 Å². The first-order valence-electron chi connectivity index (χ1n) is 8.38. The van der Waals surface area contributed by atoms with E-state index in [2.05, 4.69) is 15.0 Å². The number of carbonyl (C=O) groups excluding carboxylic acids is 3. The summed E-state index contributed by atoms with van der Waals surface area (Å²) < 4.78 is 4.63. The number of halogens is 1. The van der Waals surface area contributed by atoms with Crippen molar-refractivity contribution < 1.29 is 19.1 Å². The minimum Gasteiger partial charge on any atom is -0.465 e. The van der Waals surface area contributed by atoms with Crippen LogP contribution >= 0.6 is 22.9 Å². The Morgan fingerprint density at radius 1 is 1.30 bits per heavy atom. The fourth-order valence-electron chi connectivity index (χ4n) is 2.88.